The topological polar surface area (TPSA) is 368 Å². The summed E-state index contributed by atoms with van der Waals surface area (Å²) < 4.78 is 0. The fourth-order valence-corrected chi connectivity index (χ4v) is 4.56. The van der Waals surface area contributed by atoms with Gasteiger partial charge in [0.15, 0.2) is 0 Å². The zero-order valence-electron chi connectivity index (χ0n) is 30.9. The van der Waals surface area contributed by atoms with E-state index in [0.29, 0.717) is 5.56 Å². The third kappa shape index (κ3) is 15.6. The predicted molar refractivity (Wildman–Crippen MR) is 190 cm³/mol. The second kappa shape index (κ2) is 22.8. The van der Waals surface area contributed by atoms with Crippen LogP contribution in [0.25, 0.3) is 0 Å². The Morgan fingerprint density at radius 2 is 0.927 bits per heavy atom. The molecule has 0 aromatic heterocycles. The number of rotatable bonds is 22. The zero-order chi connectivity index (χ0) is 42.2. The van der Waals surface area contributed by atoms with Crippen molar-refractivity contribution in [2.45, 2.75) is 108 Å². The molecule has 15 N–H and O–H groups in total. The smallest absolute Gasteiger partial charge is 0.325 e. The summed E-state index contributed by atoms with van der Waals surface area (Å²) in [5.74, 6) is -8.86. The van der Waals surface area contributed by atoms with E-state index in [1.54, 1.807) is 30.3 Å². The minimum atomic E-state index is -1.82. The van der Waals surface area contributed by atoms with Gasteiger partial charge in [-0.15, -0.1) is 0 Å². The molecule has 22 nitrogen and oxygen atoms in total. The first kappa shape index (κ1) is 47.8. The lowest BCUT2D eigenvalue weighted by atomic mass is 10.0. The second-order valence-corrected chi connectivity index (χ2v) is 12.8. The quantitative estimate of drug-likeness (QED) is 0.0520. The number of hydrogen-bond donors (Lipinski definition) is 14. The molecule has 0 fully saturated rings. The SMILES string of the molecule is C[C@H](NC(=O)[C@@H](NC(=O)[C@H](C)NC(=O)[C@H](CO)NC(=O)[C@H](CO)NC(=O)[C@@H](NC(=O)[C@H](Cc1ccccc1)NC(=O)[C@@H](N)[C@@H](C)O)[C@@H](C)O)[C@@H](C)O)C(=O)O. The van der Waals surface area contributed by atoms with Crippen LogP contribution in [-0.2, 0) is 44.8 Å². The molecule has 0 aliphatic carbocycles. The van der Waals surface area contributed by atoms with Gasteiger partial charge in [0.05, 0.1) is 31.5 Å². The van der Waals surface area contributed by atoms with Crippen LogP contribution in [0.2, 0.25) is 0 Å². The van der Waals surface area contributed by atoms with E-state index in [2.05, 4.69) is 37.2 Å². The highest BCUT2D eigenvalue weighted by atomic mass is 16.4. The Hall–Kier alpha value is -5.26. The number of carboxylic acid groups (broad SMARTS) is 1. The van der Waals surface area contributed by atoms with Crippen molar-refractivity contribution in [3.63, 3.8) is 0 Å². The molecule has 0 saturated carbocycles. The summed E-state index contributed by atoms with van der Waals surface area (Å²) in [4.78, 5) is 101. The highest BCUT2D eigenvalue weighted by Crippen LogP contribution is 2.06. The zero-order valence-corrected chi connectivity index (χ0v) is 30.9. The van der Waals surface area contributed by atoms with Crippen LogP contribution in [0.4, 0.5) is 0 Å². The molecule has 0 spiro atoms. The van der Waals surface area contributed by atoms with E-state index in [4.69, 9.17) is 10.8 Å². The number of aliphatic carboxylic acids is 1. The molecule has 7 amide bonds. The first-order chi connectivity index (χ1) is 25.6. The van der Waals surface area contributed by atoms with E-state index in [1.165, 1.54) is 6.92 Å². The van der Waals surface area contributed by atoms with Gasteiger partial charge in [-0.05, 0) is 40.2 Å². The highest BCUT2D eigenvalue weighted by molar-refractivity contribution is 5.97. The third-order valence-electron chi connectivity index (χ3n) is 7.98. The monoisotopic (exact) mass is 784 g/mol. The molecule has 22 heteroatoms. The number of aliphatic hydroxyl groups excluding tert-OH is 5. The fraction of sp³-hybridized carbons (Fsp3) is 0.576. The molecule has 0 bridgehead atoms. The average Bonchev–Trinajstić information content (AvgIpc) is 3.12. The number of aliphatic hydroxyl groups is 5. The summed E-state index contributed by atoms with van der Waals surface area (Å²) in [6.45, 7) is 3.70. The van der Waals surface area contributed by atoms with Gasteiger partial charge >= 0.3 is 5.97 Å². The Kier molecular flexibility index (Phi) is 19.8. The van der Waals surface area contributed by atoms with Crippen molar-refractivity contribution in [3.8, 4) is 0 Å². The van der Waals surface area contributed by atoms with Crippen molar-refractivity contribution in [1.29, 1.82) is 0 Å². The van der Waals surface area contributed by atoms with E-state index in [0.717, 1.165) is 27.7 Å². The van der Waals surface area contributed by atoms with Gasteiger partial charge in [-0.1, -0.05) is 30.3 Å². The van der Waals surface area contributed by atoms with Gasteiger partial charge in [-0.3, -0.25) is 38.4 Å². The third-order valence-corrected chi connectivity index (χ3v) is 7.98. The number of hydrogen-bond acceptors (Lipinski definition) is 14. The lowest BCUT2D eigenvalue weighted by molar-refractivity contribution is -0.142. The predicted octanol–water partition coefficient (Wildman–Crippen LogP) is -6.80. The minimum Gasteiger partial charge on any atom is -0.480 e. The Bertz CT molecular complexity index is 1500. The van der Waals surface area contributed by atoms with E-state index >= 15 is 0 Å². The molecule has 1 rings (SSSR count). The van der Waals surface area contributed by atoms with Gasteiger partial charge in [0.2, 0.25) is 41.4 Å². The maximum absolute atomic E-state index is 13.4. The molecule has 0 radical (unpaired) electrons. The summed E-state index contributed by atoms with van der Waals surface area (Å²) >= 11 is 0. The van der Waals surface area contributed by atoms with E-state index in [-0.39, 0.29) is 6.42 Å². The van der Waals surface area contributed by atoms with Crippen LogP contribution in [0.5, 0.6) is 0 Å². The largest absolute Gasteiger partial charge is 0.480 e. The molecular formula is C33H52N8O14. The number of benzene rings is 1. The Morgan fingerprint density at radius 3 is 1.38 bits per heavy atom. The molecule has 1 aromatic carbocycles. The molecule has 0 heterocycles. The van der Waals surface area contributed by atoms with Gasteiger partial charge in [0.25, 0.3) is 0 Å². The maximum atomic E-state index is 13.4. The molecule has 0 aliphatic rings. The molecule has 11 atom stereocenters. The van der Waals surface area contributed by atoms with E-state index < -0.39 is 127 Å². The summed E-state index contributed by atoms with van der Waals surface area (Å²) in [5.41, 5.74) is 6.28. The fourth-order valence-electron chi connectivity index (χ4n) is 4.56. The Labute approximate surface area is 316 Å². The van der Waals surface area contributed by atoms with Crippen LogP contribution in [0.15, 0.2) is 30.3 Å². The summed E-state index contributed by atoms with van der Waals surface area (Å²) in [7, 11) is 0. The lowest BCUT2D eigenvalue weighted by Crippen LogP contribution is -2.63. The van der Waals surface area contributed by atoms with Crippen LogP contribution in [0.1, 0.15) is 40.2 Å². The van der Waals surface area contributed by atoms with Crippen molar-refractivity contribution in [2.24, 2.45) is 5.73 Å². The summed E-state index contributed by atoms with van der Waals surface area (Å²) in [5, 5.41) is 74.0. The molecular weight excluding hydrogens is 732 g/mol. The van der Waals surface area contributed by atoms with Crippen LogP contribution in [0, 0.1) is 0 Å². The first-order valence-electron chi connectivity index (χ1n) is 17.1. The van der Waals surface area contributed by atoms with Crippen LogP contribution >= 0.6 is 0 Å². The Morgan fingerprint density at radius 1 is 0.527 bits per heavy atom. The van der Waals surface area contributed by atoms with Gasteiger partial charge in [0, 0.05) is 6.42 Å². The highest BCUT2D eigenvalue weighted by Gasteiger charge is 2.35. The van der Waals surface area contributed by atoms with Gasteiger partial charge < -0.3 is 73.6 Å². The Balaban J connectivity index is 3.02. The minimum absolute atomic E-state index is 0.103. The van der Waals surface area contributed by atoms with Gasteiger partial charge in [0.1, 0.15) is 48.3 Å². The van der Waals surface area contributed by atoms with Crippen molar-refractivity contribution < 1.29 is 69.0 Å². The lowest BCUT2D eigenvalue weighted by Gasteiger charge is -2.27. The molecule has 1 aromatic rings. The van der Waals surface area contributed by atoms with Crippen molar-refractivity contribution in [1.82, 2.24) is 37.2 Å². The average molecular weight is 785 g/mol. The van der Waals surface area contributed by atoms with Crippen LogP contribution in [0.3, 0.4) is 0 Å². The molecule has 0 saturated heterocycles. The molecule has 0 unspecified atom stereocenters. The van der Waals surface area contributed by atoms with Gasteiger partial charge in [-0.2, -0.15) is 0 Å². The van der Waals surface area contributed by atoms with E-state index in [1.807, 2.05) is 0 Å². The van der Waals surface area contributed by atoms with Crippen LogP contribution in [-0.4, -0.2) is 158 Å². The number of carboxylic acids is 1. The molecule has 308 valence electrons. The van der Waals surface area contributed by atoms with Gasteiger partial charge in [-0.25, -0.2) is 0 Å². The first-order valence-corrected chi connectivity index (χ1v) is 17.1. The second-order valence-electron chi connectivity index (χ2n) is 12.8. The molecule has 55 heavy (non-hydrogen) atoms. The van der Waals surface area contributed by atoms with E-state index in [9.17, 15) is 63.9 Å². The number of carbonyl (C=O) groups is 8. The summed E-state index contributed by atoms with van der Waals surface area (Å²) in [6, 6.07) is -4.23. The van der Waals surface area contributed by atoms with Crippen molar-refractivity contribution >= 4 is 47.3 Å². The normalized spacial score (nSPS) is 17.1. The van der Waals surface area contributed by atoms with Crippen LogP contribution < -0.4 is 43.0 Å². The number of nitrogens with two attached hydrogens (primary N) is 1. The standard InChI is InChI=1S/C33H52N8O14/c1-14(26(47)40-24(17(4)45)31(52)36-15(2)33(54)55)35-28(49)21(12-42)38-29(50)22(13-43)39-32(53)25(18(5)46)41-27(48)20(11-19-9-7-6-8-10-19)37-30(51)23(34)16(3)44/h6-10,14-18,20-25,42-46H,11-13,34H2,1-5H3,(H,35,49)(H,36,52)(H,37,51)(H,38,50)(H,39,53)(H,40,47)(H,41,48)(H,54,55)/t14-,15-,16+,17+,18+,20-,21-,22-,23-,24-,25-/m0/s1. The summed E-state index contributed by atoms with van der Waals surface area (Å²) in [6.07, 6.45) is -4.49. The number of carbonyl (C=O) groups excluding carboxylic acids is 7. The maximum Gasteiger partial charge on any atom is 0.325 e. The number of amides is 7. The van der Waals surface area contributed by atoms with Crippen molar-refractivity contribution in [2.75, 3.05) is 13.2 Å². The molecule has 0 aliphatic heterocycles. The van der Waals surface area contributed by atoms with Crippen molar-refractivity contribution in [3.05, 3.63) is 35.9 Å². The number of nitrogens with one attached hydrogen (secondary N) is 7.